The number of carbonyl (C=O) groups excluding carboxylic acids is 1. The Bertz CT molecular complexity index is 777. The first-order valence-corrected chi connectivity index (χ1v) is 7.83. The largest absolute Gasteiger partial charge is 0.493 e. The molecule has 1 aliphatic heterocycles. The number of carbonyl (C=O) groups is 1. The van der Waals surface area contributed by atoms with Crippen molar-refractivity contribution in [3.8, 4) is 11.5 Å². The van der Waals surface area contributed by atoms with Gasteiger partial charge in [0.1, 0.15) is 0 Å². The van der Waals surface area contributed by atoms with Crippen molar-refractivity contribution in [1.29, 1.82) is 0 Å². The van der Waals surface area contributed by atoms with Crippen LogP contribution in [0, 0.1) is 0 Å². The summed E-state index contributed by atoms with van der Waals surface area (Å²) in [6.07, 6.45) is 3.16. The lowest BCUT2D eigenvalue weighted by Crippen LogP contribution is -2.34. The normalized spacial score (nSPS) is 15.9. The van der Waals surface area contributed by atoms with Crippen LogP contribution in [-0.2, 0) is 16.2 Å². The van der Waals surface area contributed by atoms with E-state index in [1.807, 2.05) is 24.3 Å². The topological polar surface area (TPSA) is 82.0 Å². The molecule has 0 radical (unpaired) electrons. The van der Waals surface area contributed by atoms with Crippen molar-refractivity contribution >= 4 is 11.6 Å². The number of methoxy groups -OCH3 is 2. The van der Waals surface area contributed by atoms with Crippen LogP contribution in [0.1, 0.15) is 17.5 Å². The number of rotatable bonds is 6. The van der Waals surface area contributed by atoms with Crippen molar-refractivity contribution in [2.45, 2.75) is 19.1 Å². The first-order chi connectivity index (χ1) is 12.2. The Balaban J connectivity index is 1.60. The molecule has 0 aliphatic carbocycles. The van der Waals surface area contributed by atoms with Crippen molar-refractivity contribution in [1.82, 2.24) is 10.3 Å². The summed E-state index contributed by atoms with van der Waals surface area (Å²) in [5.41, 5.74) is 2.46. The Hall–Kier alpha value is -3.09. The third kappa shape index (κ3) is 3.88. The predicted molar refractivity (Wildman–Crippen MR) is 91.7 cm³/mol. The van der Waals surface area contributed by atoms with Gasteiger partial charge < -0.3 is 19.6 Å². The van der Waals surface area contributed by atoms with Crippen LogP contribution in [0.25, 0.3) is 0 Å². The molecule has 1 N–H and O–H groups in total. The first-order valence-electron chi connectivity index (χ1n) is 7.83. The molecule has 1 aliphatic rings. The van der Waals surface area contributed by atoms with E-state index < -0.39 is 6.10 Å². The highest BCUT2D eigenvalue weighted by atomic mass is 16.6. The number of aromatic nitrogens is 1. The van der Waals surface area contributed by atoms with Crippen LogP contribution < -0.4 is 14.8 Å². The number of benzene rings is 1. The van der Waals surface area contributed by atoms with Gasteiger partial charge >= 0.3 is 0 Å². The molecule has 25 heavy (non-hydrogen) atoms. The molecular weight excluding hydrogens is 322 g/mol. The van der Waals surface area contributed by atoms with Crippen LogP contribution >= 0.6 is 0 Å². The average Bonchev–Trinajstić information content (AvgIpc) is 3.16. The highest BCUT2D eigenvalue weighted by molar-refractivity contribution is 6.04. The van der Waals surface area contributed by atoms with E-state index in [2.05, 4.69) is 15.5 Å². The smallest absolute Gasteiger partial charge is 0.264 e. The maximum atomic E-state index is 12.2. The molecular formula is C18H19N3O4. The number of amides is 1. The van der Waals surface area contributed by atoms with E-state index in [0.717, 1.165) is 11.1 Å². The Morgan fingerprint density at radius 1 is 1.28 bits per heavy atom. The monoisotopic (exact) mass is 341 g/mol. The highest BCUT2D eigenvalue weighted by Gasteiger charge is 2.29. The molecule has 0 saturated heterocycles. The fourth-order valence-electron chi connectivity index (χ4n) is 2.51. The Kier molecular flexibility index (Phi) is 5.13. The van der Waals surface area contributed by atoms with Gasteiger partial charge in [0.25, 0.3) is 5.91 Å². The van der Waals surface area contributed by atoms with Gasteiger partial charge in [0.15, 0.2) is 11.5 Å². The third-order valence-electron chi connectivity index (χ3n) is 3.87. The van der Waals surface area contributed by atoms with E-state index in [1.54, 1.807) is 32.7 Å². The van der Waals surface area contributed by atoms with Gasteiger partial charge in [-0.25, -0.2) is 0 Å². The summed E-state index contributed by atoms with van der Waals surface area (Å²) in [6, 6.07) is 9.20. The van der Waals surface area contributed by atoms with Gasteiger partial charge in [0, 0.05) is 30.9 Å². The molecule has 2 heterocycles. The number of ether oxygens (including phenoxy) is 2. The number of pyridine rings is 1. The molecule has 130 valence electrons. The Morgan fingerprint density at radius 2 is 2.12 bits per heavy atom. The molecule has 0 bridgehead atoms. The summed E-state index contributed by atoms with van der Waals surface area (Å²) >= 11 is 0. The van der Waals surface area contributed by atoms with Crippen LogP contribution in [0.4, 0.5) is 0 Å². The van der Waals surface area contributed by atoms with Crippen molar-refractivity contribution in [2.75, 3.05) is 14.2 Å². The van der Waals surface area contributed by atoms with Crippen LogP contribution in [0.5, 0.6) is 11.5 Å². The molecule has 1 amide bonds. The number of hydrogen-bond donors (Lipinski definition) is 1. The third-order valence-corrected chi connectivity index (χ3v) is 3.87. The lowest BCUT2D eigenvalue weighted by Gasteiger charge is -2.10. The summed E-state index contributed by atoms with van der Waals surface area (Å²) in [6.45, 7) is 0.401. The predicted octanol–water partition coefficient (Wildman–Crippen LogP) is 1.91. The molecule has 0 fully saturated rings. The number of nitrogens with one attached hydrogen (secondary N) is 1. The minimum absolute atomic E-state index is 0.205. The fourth-order valence-corrected chi connectivity index (χ4v) is 2.51. The Labute approximate surface area is 145 Å². The van der Waals surface area contributed by atoms with Gasteiger partial charge in [-0.05, 0) is 29.8 Å². The van der Waals surface area contributed by atoms with Crippen LogP contribution in [0.15, 0.2) is 47.9 Å². The standard InChI is InChI=1S/C18H19N3O4/c1-23-15-6-5-13(8-16(15)24-2)14-9-17(25-21-14)18(22)20-11-12-4-3-7-19-10-12/h3-8,10,17H,9,11H2,1-2H3,(H,20,22)/t17-/m1/s1. The van der Waals surface area contributed by atoms with Gasteiger partial charge in [-0.1, -0.05) is 11.2 Å². The second kappa shape index (κ2) is 7.65. The van der Waals surface area contributed by atoms with Crippen LogP contribution in [0.3, 0.4) is 0 Å². The first kappa shape index (κ1) is 16.8. The van der Waals surface area contributed by atoms with E-state index in [-0.39, 0.29) is 5.91 Å². The van der Waals surface area contributed by atoms with Crippen molar-refractivity contribution < 1.29 is 19.1 Å². The second-order valence-corrected chi connectivity index (χ2v) is 5.48. The minimum atomic E-state index is -0.639. The summed E-state index contributed by atoms with van der Waals surface area (Å²) in [4.78, 5) is 21.5. The minimum Gasteiger partial charge on any atom is -0.493 e. The molecule has 1 atom stereocenters. The van der Waals surface area contributed by atoms with E-state index >= 15 is 0 Å². The van der Waals surface area contributed by atoms with Gasteiger partial charge in [0.05, 0.1) is 19.9 Å². The fraction of sp³-hybridized carbons (Fsp3) is 0.278. The van der Waals surface area contributed by atoms with Gasteiger partial charge in [-0.15, -0.1) is 0 Å². The van der Waals surface area contributed by atoms with Crippen LogP contribution in [-0.4, -0.2) is 36.9 Å². The molecule has 0 unspecified atom stereocenters. The van der Waals surface area contributed by atoms with Crippen molar-refractivity contribution in [2.24, 2.45) is 5.16 Å². The molecule has 1 aromatic carbocycles. The summed E-state index contributed by atoms with van der Waals surface area (Å²) in [7, 11) is 3.15. The SMILES string of the molecule is COc1ccc(C2=NO[C@@H](C(=O)NCc3cccnc3)C2)cc1OC. The second-order valence-electron chi connectivity index (χ2n) is 5.48. The zero-order valence-electron chi connectivity index (χ0n) is 14.1. The van der Waals surface area contributed by atoms with Crippen molar-refractivity contribution in [3.63, 3.8) is 0 Å². The lowest BCUT2D eigenvalue weighted by atomic mass is 10.0. The quantitative estimate of drug-likeness (QED) is 0.868. The number of nitrogens with zero attached hydrogens (tertiary/aromatic N) is 2. The highest BCUT2D eigenvalue weighted by Crippen LogP contribution is 2.29. The molecule has 7 nitrogen and oxygen atoms in total. The molecule has 3 rings (SSSR count). The number of hydrogen-bond acceptors (Lipinski definition) is 6. The molecule has 7 heteroatoms. The van der Waals surface area contributed by atoms with E-state index in [0.29, 0.717) is 30.2 Å². The van der Waals surface area contributed by atoms with Gasteiger partial charge in [-0.2, -0.15) is 0 Å². The van der Waals surface area contributed by atoms with Gasteiger partial charge in [0.2, 0.25) is 6.10 Å². The van der Waals surface area contributed by atoms with Crippen LogP contribution in [0.2, 0.25) is 0 Å². The summed E-state index contributed by atoms with van der Waals surface area (Å²) < 4.78 is 10.5. The average molecular weight is 341 g/mol. The maximum Gasteiger partial charge on any atom is 0.264 e. The summed E-state index contributed by atoms with van der Waals surface area (Å²) in [5.74, 6) is 1.03. The summed E-state index contributed by atoms with van der Waals surface area (Å²) in [5, 5.41) is 6.87. The number of oxime groups is 1. The maximum absolute atomic E-state index is 12.2. The lowest BCUT2D eigenvalue weighted by molar-refractivity contribution is -0.131. The molecule has 1 aromatic heterocycles. The van der Waals surface area contributed by atoms with E-state index in [4.69, 9.17) is 14.3 Å². The zero-order valence-corrected chi connectivity index (χ0v) is 14.1. The van der Waals surface area contributed by atoms with E-state index in [9.17, 15) is 4.79 Å². The van der Waals surface area contributed by atoms with E-state index in [1.165, 1.54) is 0 Å². The zero-order chi connectivity index (χ0) is 17.6. The molecule has 0 spiro atoms. The van der Waals surface area contributed by atoms with Gasteiger partial charge in [-0.3, -0.25) is 9.78 Å². The van der Waals surface area contributed by atoms with Crippen molar-refractivity contribution in [3.05, 3.63) is 53.9 Å². The Morgan fingerprint density at radius 3 is 2.84 bits per heavy atom. The molecule has 0 saturated carbocycles. The molecule has 2 aromatic rings.